The average molecular weight is 361 g/mol. The van der Waals surface area contributed by atoms with Crippen LogP contribution >= 0.6 is 11.3 Å². The Balaban J connectivity index is 1.52. The second kappa shape index (κ2) is 6.12. The number of amides is 4. The van der Waals surface area contributed by atoms with Crippen LogP contribution in [0.4, 0.5) is 4.79 Å². The predicted octanol–water partition coefficient (Wildman–Crippen LogP) is 2.09. The van der Waals surface area contributed by atoms with Crippen LogP contribution in [0.2, 0.25) is 0 Å². The lowest BCUT2D eigenvalue weighted by Gasteiger charge is -2.32. The van der Waals surface area contributed by atoms with E-state index in [1.807, 2.05) is 11.4 Å². The Labute approximate surface area is 151 Å². The van der Waals surface area contributed by atoms with Gasteiger partial charge in [0.2, 0.25) is 5.91 Å². The molecule has 134 valence electrons. The highest BCUT2D eigenvalue weighted by atomic mass is 32.1. The van der Waals surface area contributed by atoms with Gasteiger partial charge in [-0.1, -0.05) is 6.92 Å². The van der Waals surface area contributed by atoms with E-state index in [9.17, 15) is 14.4 Å². The zero-order valence-corrected chi connectivity index (χ0v) is 15.2. The Morgan fingerprint density at radius 3 is 2.88 bits per heavy atom. The number of hydrogen-bond acceptors (Lipinski definition) is 4. The lowest BCUT2D eigenvalue weighted by molar-refractivity contribution is -0.140. The van der Waals surface area contributed by atoms with Gasteiger partial charge in [-0.25, -0.2) is 4.79 Å². The fraction of sp³-hybridized carbons (Fsp3) is 0.611. The molecule has 0 unspecified atom stereocenters. The van der Waals surface area contributed by atoms with Crippen molar-refractivity contribution in [1.82, 2.24) is 15.1 Å². The number of aryl methyl sites for hydroxylation is 1. The first kappa shape index (κ1) is 16.6. The van der Waals surface area contributed by atoms with Crippen LogP contribution in [0.15, 0.2) is 11.4 Å². The van der Waals surface area contributed by atoms with Crippen LogP contribution in [-0.4, -0.2) is 47.3 Å². The molecule has 2 saturated heterocycles. The van der Waals surface area contributed by atoms with E-state index in [-0.39, 0.29) is 18.4 Å². The van der Waals surface area contributed by atoms with Crippen LogP contribution in [0.1, 0.15) is 43.0 Å². The van der Waals surface area contributed by atoms with Crippen molar-refractivity contribution in [3.05, 3.63) is 21.9 Å². The molecule has 4 rings (SSSR count). The van der Waals surface area contributed by atoms with Gasteiger partial charge in [0.25, 0.3) is 5.91 Å². The molecule has 0 saturated carbocycles. The van der Waals surface area contributed by atoms with Crippen molar-refractivity contribution >= 4 is 29.2 Å². The smallest absolute Gasteiger partial charge is 0.325 e. The molecule has 1 aromatic heterocycles. The number of rotatable bonds is 2. The van der Waals surface area contributed by atoms with Crippen LogP contribution in [0, 0.1) is 5.92 Å². The molecule has 0 bridgehead atoms. The minimum Gasteiger partial charge on any atom is -0.341 e. The van der Waals surface area contributed by atoms with Crippen LogP contribution in [0.25, 0.3) is 0 Å². The molecule has 2 fully saturated rings. The normalized spacial score (nSPS) is 26.9. The van der Waals surface area contributed by atoms with Crippen molar-refractivity contribution in [1.29, 1.82) is 0 Å². The molecular formula is C18H23N3O3S. The molecule has 1 aromatic rings. The third kappa shape index (κ3) is 2.65. The highest BCUT2D eigenvalue weighted by Crippen LogP contribution is 2.42. The summed E-state index contributed by atoms with van der Waals surface area (Å²) in [5, 5.41) is 4.87. The molecule has 4 amide bonds. The molecule has 3 aliphatic rings. The first-order chi connectivity index (χ1) is 12.0. The lowest BCUT2D eigenvalue weighted by Crippen LogP contribution is -2.48. The number of urea groups is 1. The number of imide groups is 1. The number of carbonyl (C=O) groups is 3. The average Bonchev–Trinajstić information content (AvgIpc) is 3.16. The summed E-state index contributed by atoms with van der Waals surface area (Å²) in [6, 6.07) is 1.50. The standard InChI is InChI=1S/C18H23N3O3S/c1-12-4-8-20(9-5-12)15(22)11-21-16(23)18(19-17(21)24)7-2-3-14-13(18)6-10-25-14/h6,10,12H,2-5,7-9,11H2,1H3,(H,19,24)/t18-/m1/s1. The van der Waals surface area contributed by atoms with Gasteiger partial charge in [0.05, 0.1) is 0 Å². The summed E-state index contributed by atoms with van der Waals surface area (Å²) in [5.74, 6) is 0.229. The first-order valence-electron chi connectivity index (χ1n) is 9.00. The van der Waals surface area contributed by atoms with Crippen molar-refractivity contribution in [2.24, 2.45) is 5.92 Å². The van der Waals surface area contributed by atoms with E-state index in [0.717, 1.165) is 41.0 Å². The molecule has 6 nitrogen and oxygen atoms in total. The maximum Gasteiger partial charge on any atom is 0.325 e. The van der Waals surface area contributed by atoms with Gasteiger partial charge < -0.3 is 10.2 Å². The van der Waals surface area contributed by atoms with Crippen LogP contribution in [-0.2, 0) is 21.5 Å². The summed E-state index contributed by atoms with van der Waals surface area (Å²) in [7, 11) is 0. The molecule has 1 atom stereocenters. The van der Waals surface area contributed by atoms with Gasteiger partial charge >= 0.3 is 6.03 Å². The second-order valence-electron chi connectivity index (χ2n) is 7.40. The van der Waals surface area contributed by atoms with Crippen molar-refractivity contribution in [3.8, 4) is 0 Å². The van der Waals surface area contributed by atoms with E-state index in [1.165, 1.54) is 0 Å². The van der Waals surface area contributed by atoms with Gasteiger partial charge in [0, 0.05) is 23.5 Å². The monoisotopic (exact) mass is 361 g/mol. The number of likely N-dealkylation sites (tertiary alicyclic amines) is 1. The molecule has 1 spiro atoms. The maximum absolute atomic E-state index is 13.1. The molecule has 7 heteroatoms. The molecule has 1 aliphatic carbocycles. The summed E-state index contributed by atoms with van der Waals surface area (Å²) in [6.07, 6.45) is 4.38. The Morgan fingerprint density at radius 2 is 2.12 bits per heavy atom. The van der Waals surface area contributed by atoms with Gasteiger partial charge in [0.15, 0.2) is 0 Å². The van der Waals surface area contributed by atoms with Crippen molar-refractivity contribution in [2.75, 3.05) is 19.6 Å². The van der Waals surface area contributed by atoms with Gasteiger partial charge in [-0.2, -0.15) is 0 Å². The largest absolute Gasteiger partial charge is 0.341 e. The topological polar surface area (TPSA) is 69.7 Å². The van der Waals surface area contributed by atoms with E-state index in [4.69, 9.17) is 0 Å². The summed E-state index contributed by atoms with van der Waals surface area (Å²) in [4.78, 5) is 42.2. The third-order valence-corrected chi connectivity index (χ3v) is 6.75. The van der Waals surface area contributed by atoms with Crippen molar-refractivity contribution in [3.63, 3.8) is 0 Å². The van der Waals surface area contributed by atoms with Crippen LogP contribution in [0.5, 0.6) is 0 Å². The molecule has 25 heavy (non-hydrogen) atoms. The first-order valence-corrected chi connectivity index (χ1v) is 9.88. The molecular weight excluding hydrogens is 338 g/mol. The minimum absolute atomic E-state index is 0.131. The van der Waals surface area contributed by atoms with Crippen LogP contribution in [0.3, 0.4) is 0 Å². The summed E-state index contributed by atoms with van der Waals surface area (Å²) < 4.78 is 0. The lowest BCUT2D eigenvalue weighted by atomic mass is 9.80. The van der Waals surface area contributed by atoms with Gasteiger partial charge in [0.1, 0.15) is 12.1 Å². The zero-order valence-electron chi connectivity index (χ0n) is 14.4. The highest BCUT2D eigenvalue weighted by molar-refractivity contribution is 7.10. The number of hydrogen-bond donors (Lipinski definition) is 1. The number of carbonyl (C=O) groups excluding carboxylic acids is 3. The van der Waals surface area contributed by atoms with Gasteiger partial charge in [-0.15, -0.1) is 11.3 Å². The molecule has 0 aromatic carbocycles. The Bertz CT molecular complexity index is 723. The van der Waals surface area contributed by atoms with E-state index >= 15 is 0 Å². The third-order valence-electron chi connectivity index (χ3n) is 5.77. The fourth-order valence-electron chi connectivity index (χ4n) is 4.18. The van der Waals surface area contributed by atoms with E-state index in [1.54, 1.807) is 16.2 Å². The molecule has 3 heterocycles. The Kier molecular flexibility index (Phi) is 4.06. The Hall–Kier alpha value is -1.89. The van der Waals surface area contributed by atoms with Crippen molar-refractivity contribution < 1.29 is 14.4 Å². The summed E-state index contributed by atoms with van der Waals surface area (Å²) >= 11 is 1.63. The molecule has 0 radical (unpaired) electrons. The number of fused-ring (bicyclic) bond motifs is 2. The molecule has 1 N–H and O–H groups in total. The maximum atomic E-state index is 13.1. The zero-order chi connectivity index (χ0) is 17.6. The van der Waals surface area contributed by atoms with E-state index in [2.05, 4.69) is 12.2 Å². The number of thiophene rings is 1. The second-order valence-corrected chi connectivity index (χ2v) is 8.40. The highest BCUT2D eigenvalue weighted by Gasteiger charge is 2.54. The molecule has 2 aliphatic heterocycles. The summed E-state index contributed by atoms with van der Waals surface area (Å²) in [6.45, 7) is 3.46. The Morgan fingerprint density at radius 1 is 1.36 bits per heavy atom. The SMILES string of the molecule is CC1CCN(C(=O)CN2C(=O)N[C@@]3(CCCc4sccc43)C2=O)CC1. The van der Waals surface area contributed by atoms with E-state index in [0.29, 0.717) is 25.4 Å². The number of nitrogens with zero attached hydrogens (tertiary/aromatic N) is 2. The van der Waals surface area contributed by atoms with Crippen molar-refractivity contribution in [2.45, 2.75) is 44.6 Å². The quantitative estimate of drug-likeness (QED) is 0.820. The summed E-state index contributed by atoms with van der Waals surface area (Å²) in [5.41, 5.74) is -0.0368. The number of piperidine rings is 1. The number of nitrogens with one attached hydrogen (secondary N) is 1. The van der Waals surface area contributed by atoms with Gasteiger partial charge in [-0.05, 0) is 49.5 Å². The van der Waals surface area contributed by atoms with Gasteiger partial charge in [-0.3, -0.25) is 14.5 Å². The van der Waals surface area contributed by atoms with E-state index < -0.39 is 11.6 Å². The van der Waals surface area contributed by atoms with Crippen LogP contribution < -0.4 is 5.32 Å². The fourth-order valence-corrected chi connectivity index (χ4v) is 5.18. The minimum atomic E-state index is -0.957. The predicted molar refractivity (Wildman–Crippen MR) is 94.2 cm³/mol.